The number of rotatable bonds is 2. The van der Waals surface area contributed by atoms with Crippen LogP contribution in [0.3, 0.4) is 0 Å². The van der Waals surface area contributed by atoms with E-state index in [9.17, 15) is 4.79 Å². The van der Waals surface area contributed by atoms with Crippen molar-refractivity contribution in [2.45, 2.75) is 11.7 Å². The van der Waals surface area contributed by atoms with Crippen molar-refractivity contribution >= 4 is 17.7 Å². The summed E-state index contributed by atoms with van der Waals surface area (Å²) in [5, 5.41) is 6.37. The average molecular weight is 174 g/mol. The number of carbonyl (C=O) groups is 1. The van der Waals surface area contributed by atoms with E-state index < -0.39 is 0 Å². The van der Waals surface area contributed by atoms with Gasteiger partial charge in [-0.25, -0.2) is 0 Å². The molecule has 1 amide bonds. The molecular weight excluding hydrogens is 160 g/mol. The van der Waals surface area contributed by atoms with Gasteiger partial charge in [-0.3, -0.25) is 4.79 Å². The summed E-state index contributed by atoms with van der Waals surface area (Å²) in [6, 6.07) is 0. The summed E-state index contributed by atoms with van der Waals surface area (Å²) in [4.78, 5) is 10.9. The molecule has 3 nitrogen and oxygen atoms in total. The van der Waals surface area contributed by atoms with Gasteiger partial charge in [0.15, 0.2) is 0 Å². The number of hydrogen-bond acceptors (Lipinski definition) is 3. The summed E-state index contributed by atoms with van der Waals surface area (Å²) in [5.74, 6) is 1.27. The van der Waals surface area contributed by atoms with Crippen LogP contribution in [0.5, 0.6) is 0 Å². The first-order valence-electron chi connectivity index (χ1n) is 3.86. The predicted molar refractivity (Wildman–Crippen MR) is 47.8 cm³/mol. The topological polar surface area (TPSA) is 41.1 Å². The largest absolute Gasteiger partial charge is 0.359 e. The summed E-state index contributed by atoms with van der Waals surface area (Å²) in [5.41, 5.74) is 0. The van der Waals surface area contributed by atoms with E-state index in [1.165, 1.54) is 0 Å². The minimum Gasteiger partial charge on any atom is -0.359 e. The number of hydrogen-bond donors (Lipinski definition) is 2. The van der Waals surface area contributed by atoms with Crippen molar-refractivity contribution in [3.8, 4) is 0 Å². The molecule has 0 bridgehead atoms. The van der Waals surface area contributed by atoms with Gasteiger partial charge in [0.25, 0.3) is 0 Å². The van der Waals surface area contributed by atoms with Crippen molar-refractivity contribution in [2.24, 2.45) is 0 Å². The summed E-state index contributed by atoms with van der Waals surface area (Å²) >= 11 is 1.88. The van der Waals surface area contributed by atoms with Gasteiger partial charge in [-0.1, -0.05) is 0 Å². The van der Waals surface area contributed by atoms with Crippen LogP contribution in [0, 0.1) is 0 Å². The van der Waals surface area contributed by atoms with Gasteiger partial charge >= 0.3 is 0 Å². The standard InChI is InChI=1S/C7H14N2OS/c1-8-7(10)4-6-5-9-2-3-11-6/h6,9H,2-5H2,1H3,(H,8,10). The molecule has 0 aromatic heterocycles. The number of thioether (sulfide) groups is 1. The monoisotopic (exact) mass is 174 g/mol. The highest BCUT2D eigenvalue weighted by molar-refractivity contribution is 8.00. The lowest BCUT2D eigenvalue weighted by atomic mass is 10.3. The third kappa shape index (κ3) is 3.12. The minimum absolute atomic E-state index is 0.145. The zero-order valence-corrected chi connectivity index (χ0v) is 7.54. The first kappa shape index (κ1) is 8.87. The van der Waals surface area contributed by atoms with E-state index in [0.717, 1.165) is 18.8 Å². The van der Waals surface area contributed by atoms with E-state index in [2.05, 4.69) is 10.6 Å². The fourth-order valence-corrected chi connectivity index (χ4v) is 2.16. The second kappa shape index (κ2) is 4.62. The highest BCUT2D eigenvalue weighted by atomic mass is 32.2. The molecule has 1 fully saturated rings. The molecular formula is C7H14N2OS. The normalized spacial score (nSPS) is 24.6. The van der Waals surface area contributed by atoms with Crippen molar-refractivity contribution in [2.75, 3.05) is 25.9 Å². The Morgan fingerprint density at radius 3 is 3.18 bits per heavy atom. The maximum atomic E-state index is 10.9. The van der Waals surface area contributed by atoms with E-state index in [1.54, 1.807) is 7.05 Å². The second-order valence-electron chi connectivity index (χ2n) is 2.57. The van der Waals surface area contributed by atoms with Crippen LogP contribution < -0.4 is 10.6 Å². The fraction of sp³-hybridized carbons (Fsp3) is 0.857. The van der Waals surface area contributed by atoms with Crippen molar-refractivity contribution in [3.63, 3.8) is 0 Å². The highest BCUT2D eigenvalue weighted by Crippen LogP contribution is 2.16. The Hall–Kier alpha value is -0.220. The molecule has 0 aromatic rings. The number of carbonyl (C=O) groups excluding carboxylic acids is 1. The van der Waals surface area contributed by atoms with Crippen LogP contribution in [0.25, 0.3) is 0 Å². The van der Waals surface area contributed by atoms with Gasteiger partial charge in [0.2, 0.25) is 5.91 Å². The molecule has 0 radical (unpaired) electrons. The first-order valence-corrected chi connectivity index (χ1v) is 4.90. The summed E-state index contributed by atoms with van der Waals surface area (Å²) < 4.78 is 0. The van der Waals surface area contributed by atoms with Crippen LogP contribution in [0.1, 0.15) is 6.42 Å². The molecule has 11 heavy (non-hydrogen) atoms. The molecule has 2 N–H and O–H groups in total. The van der Waals surface area contributed by atoms with E-state index in [4.69, 9.17) is 0 Å². The Bertz CT molecular complexity index is 134. The predicted octanol–water partition coefficient (Wildman–Crippen LogP) is -0.173. The highest BCUT2D eigenvalue weighted by Gasteiger charge is 2.15. The Morgan fingerprint density at radius 2 is 2.64 bits per heavy atom. The van der Waals surface area contributed by atoms with Gasteiger partial charge in [0.1, 0.15) is 0 Å². The molecule has 1 aliphatic rings. The summed E-state index contributed by atoms with van der Waals surface area (Å²) in [7, 11) is 1.68. The molecule has 1 atom stereocenters. The maximum absolute atomic E-state index is 10.9. The molecule has 1 unspecified atom stereocenters. The molecule has 1 aliphatic heterocycles. The molecule has 0 aliphatic carbocycles. The van der Waals surface area contributed by atoms with E-state index in [0.29, 0.717) is 11.7 Å². The zero-order valence-electron chi connectivity index (χ0n) is 6.72. The van der Waals surface area contributed by atoms with Gasteiger partial charge in [0.05, 0.1) is 0 Å². The summed E-state index contributed by atoms with van der Waals surface area (Å²) in [6.45, 7) is 2.05. The molecule has 0 spiro atoms. The van der Waals surface area contributed by atoms with Gasteiger partial charge in [-0.2, -0.15) is 11.8 Å². The van der Waals surface area contributed by atoms with Crippen LogP contribution in [0.15, 0.2) is 0 Å². The number of nitrogens with one attached hydrogen (secondary N) is 2. The Balaban J connectivity index is 2.19. The van der Waals surface area contributed by atoms with Crippen molar-refractivity contribution in [3.05, 3.63) is 0 Å². The van der Waals surface area contributed by atoms with Gasteiger partial charge in [-0.15, -0.1) is 0 Å². The molecule has 1 rings (SSSR count). The van der Waals surface area contributed by atoms with E-state index in [1.807, 2.05) is 11.8 Å². The van der Waals surface area contributed by atoms with E-state index >= 15 is 0 Å². The average Bonchev–Trinajstić information content (AvgIpc) is 2.06. The summed E-state index contributed by atoms with van der Waals surface area (Å²) in [6.07, 6.45) is 0.647. The Kier molecular flexibility index (Phi) is 3.72. The Morgan fingerprint density at radius 1 is 1.82 bits per heavy atom. The quantitative estimate of drug-likeness (QED) is 0.610. The lowest BCUT2D eigenvalue weighted by Crippen LogP contribution is -2.35. The Labute approximate surface area is 71.3 Å². The first-order chi connectivity index (χ1) is 5.33. The van der Waals surface area contributed by atoms with Crippen LogP contribution in [0.2, 0.25) is 0 Å². The van der Waals surface area contributed by atoms with Crippen LogP contribution in [0.4, 0.5) is 0 Å². The zero-order chi connectivity index (χ0) is 8.10. The molecule has 1 saturated heterocycles. The van der Waals surface area contributed by atoms with Gasteiger partial charge in [0, 0.05) is 37.6 Å². The van der Waals surface area contributed by atoms with Crippen molar-refractivity contribution in [1.29, 1.82) is 0 Å². The van der Waals surface area contributed by atoms with E-state index in [-0.39, 0.29) is 5.91 Å². The van der Waals surface area contributed by atoms with Gasteiger partial charge in [-0.05, 0) is 0 Å². The third-order valence-corrected chi connectivity index (χ3v) is 2.94. The fourth-order valence-electron chi connectivity index (χ4n) is 1.06. The van der Waals surface area contributed by atoms with Crippen molar-refractivity contribution in [1.82, 2.24) is 10.6 Å². The molecule has 64 valence electrons. The second-order valence-corrected chi connectivity index (χ2v) is 3.98. The molecule has 0 saturated carbocycles. The minimum atomic E-state index is 0.145. The maximum Gasteiger partial charge on any atom is 0.220 e. The molecule has 1 heterocycles. The van der Waals surface area contributed by atoms with Crippen LogP contribution >= 0.6 is 11.8 Å². The number of amides is 1. The SMILES string of the molecule is CNC(=O)CC1CNCCS1. The van der Waals surface area contributed by atoms with Crippen LogP contribution in [-0.2, 0) is 4.79 Å². The van der Waals surface area contributed by atoms with Gasteiger partial charge < -0.3 is 10.6 Å². The smallest absolute Gasteiger partial charge is 0.220 e. The lowest BCUT2D eigenvalue weighted by Gasteiger charge is -2.21. The third-order valence-electron chi connectivity index (χ3n) is 1.70. The molecule has 4 heteroatoms. The van der Waals surface area contributed by atoms with Crippen LogP contribution in [-0.4, -0.2) is 37.0 Å². The lowest BCUT2D eigenvalue weighted by molar-refractivity contribution is -0.120. The molecule has 0 aromatic carbocycles. The van der Waals surface area contributed by atoms with Crippen molar-refractivity contribution < 1.29 is 4.79 Å².